The van der Waals surface area contributed by atoms with Crippen molar-refractivity contribution in [3.8, 4) is 0 Å². The van der Waals surface area contributed by atoms with Gasteiger partial charge in [-0.2, -0.15) is 0 Å². The molecule has 0 radical (unpaired) electrons. The lowest BCUT2D eigenvalue weighted by Gasteiger charge is -2.29. The average Bonchev–Trinajstić information content (AvgIpc) is 3.02. The number of nitrogens with zero attached hydrogens (tertiary/aromatic N) is 3. The van der Waals surface area contributed by atoms with E-state index in [1.165, 1.54) is 5.56 Å². The molecule has 0 bridgehead atoms. The van der Waals surface area contributed by atoms with Gasteiger partial charge in [-0.3, -0.25) is 4.79 Å². The van der Waals surface area contributed by atoms with Gasteiger partial charge in [0.05, 0.1) is 6.20 Å². The van der Waals surface area contributed by atoms with Crippen molar-refractivity contribution >= 4 is 17.4 Å². The van der Waals surface area contributed by atoms with Gasteiger partial charge in [0, 0.05) is 12.6 Å². The molecule has 5 heteroatoms. The van der Waals surface area contributed by atoms with Crippen molar-refractivity contribution in [1.29, 1.82) is 0 Å². The fourth-order valence-corrected chi connectivity index (χ4v) is 2.80. The van der Waals surface area contributed by atoms with Gasteiger partial charge in [0.2, 0.25) is 0 Å². The first kappa shape index (κ1) is 14.7. The minimum atomic E-state index is 0.0327. The molecule has 4 nitrogen and oxygen atoms in total. The molecule has 1 heterocycles. The molecule has 0 aliphatic heterocycles. The summed E-state index contributed by atoms with van der Waals surface area (Å²) in [6.07, 6.45) is 3.36. The molecule has 20 heavy (non-hydrogen) atoms. The van der Waals surface area contributed by atoms with E-state index in [-0.39, 0.29) is 11.9 Å². The number of carbonyl (C=O) groups is 1. The first-order valence-electron chi connectivity index (χ1n) is 6.88. The second-order valence-corrected chi connectivity index (χ2v) is 5.41. The molecular formula is C15H19N3OS. The SMILES string of the molecule is CC[C@@H](Cc1ccccc1)N(CC)C(=O)c1cnns1. The van der Waals surface area contributed by atoms with E-state index < -0.39 is 0 Å². The Balaban J connectivity index is 2.13. The minimum absolute atomic E-state index is 0.0327. The molecule has 0 spiro atoms. The molecule has 0 fully saturated rings. The summed E-state index contributed by atoms with van der Waals surface area (Å²) in [6.45, 7) is 4.83. The largest absolute Gasteiger partial charge is 0.335 e. The maximum atomic E-state index is 12.5. The third-order valence-corrected chi connectivity index (χ3v) is 4.05. The number of benzene rings is 1. The van der Waals surface area contributed by atoms with E-state index in [4.69, 9.17) is 0 Å². The first-order valence-corrected chi connectivity index (χ1v) is 7.65. The second kappa shape index (κ2) is 7.14. The third-order valence-electron chi connectivity index (χ3n) is 3.40. The quantitative estimate of drug-likeness (QED) is 0.821. The van der Waals surface area contributed by atoms with E-state index in [2.05, 4.69) is 28.6 Å². The van der Waals surface area contributed by atoms with Gasteiger partial charge in [-0.1, -0.05) is 41.7 Å². The molecule has 0 aliphatic rings. The molecule has 0 aliphatic carbocycles. The van der Waals surface area contributed by atoms with E-state index in [0.717, 1.165) is 24.4 Å². The molecule has 2 rings (SSSR count). The highest BCUT2D eigenvalue weighted by atomic mass is 32.1. The molecule has 0 N–H and O–H groups in total. The van der Waals surface area contributed by atoms with Crippen LogP contribution in [0.1, 0.15) is 35.5 Å². The van der Waals surface area contributed by atoms with Crippen LogP contribution in [-0.4, -0.2) is 33.0 Å². The number of rotatable bonds is 6. The summed E-state index contributed by atoms with van der Waals surface area (Å²) >= 11 is 1.16. The Bertz CT molecular complexity index is 527. The lowest BCUT2D eigenvalue weighted by Crippen LogP contribution is -2.40. The summed E-state index contributed by atoms with van der Waals surface area (Å²) in [7, 11) is 0. The van der Waals surface area contributed by atoms with Crippen molar-refractivity contribution in [3.63, 3.8) is 0 Å². The third kappa shape index (κ3) is 3.42. The van der Waals surface area contributed by atoms with Crippen molar-refractivity contribution < 1.29 is 4.79 Å². The molecule has 0 unspecified atom stereocenters. The monoisotopic (exact) mass is 289 g/mol. The Labute approximate surface area is 123 Å². The second-order valence-electron chi connectivity index (χ2n) is 4.62. The predicted octanol–water partition coefficient (Wildman–Crippen LogP) is 3.02. The summed E-state index contributed by atoms with van der Waals surface area (Å²) in [5.74, 6) is 0.0327. The topological polar surface area (TPSA) is 46.1 Å². The Morgan fingerprint density at radius 3 is 2.60 bits per heavy atom. The summed E-state index contributed by atoms with van der Waals surface area (Å²) < 4.78 is 3.77. The summed E-state index contributed by atoms with van der Waals surface area (Å²) in [5.41, 5.74) is 1.26. The normalized spacial score (nSPS) is 12.1. The molecule has 1 amide bonds. The molecule has 106 valence electrons. The number of hydrogen-bond donors (Lipinski definition) is 0. The molecule has 2 aromatic rings. The summed E-state index contributed by atoms with van der Waals surface area (Å²) in [4.78, 5) is 15.0. The zero-order valence-electron chi connectivity index (χ0n) is 11.8. The number of aromatic nitrogens is 2. The van der Waals surface area contributed by atoms with E-state index in [1.54, 1.807) is 6.20 Å². The van der Waals surface area contributed by atoms with Gasteiger partial charge < -0.3 is 4.90 Å². The van der Waals surface area contributed by atoms with Crippen LogP contribution >= 0.6 is 11.5 Å². The van der Waals surface area contributed by atoms with Crippen molar-refractivity contribution in [2.24, 2.45) is 0 Å². The van der Waals surface area contributed by atoms with Crippen molar-refractivity contribution in [2.45, 2.75) is 32.7 Å². The maximum Gasteiger partial charge on any atom is 0.267 e. The van der Waals surface area contributed by atoms with Crippen LogP contribution in [0.15, 0.2) is 36.5 Å². The molecular weight excluding hydrogens is 270 g/mol. The summed E-state index contributed by atoms with van der Waals surface area (Å²) in [5, 5.41) is 3.75. The van der Waals surface area contributed by atoms with Crippen molar-refractivity contribution in [2.75, 3.05) is 6.54 Å². The van der Waals surface area contributed by atoms with Crippen molar-refractivity contribution in [3.05, 3.63) is 47.0 Å². The van der Waals surface area contributed by atoms with Gasteiger partial charge in [-0.25, -0.2) is 0 Å². The average molecular weight is 289 g/mol. The van der Waals surface area contributed by atoms with Crippen LogP contribution in [0.2, 0.25) is 0 Å². The fraction of sp³-hybridized carbons (Fsp3) is 0.400. The highest BCUT2D eigenvalue weighted by Gasteiger charge is 2.23. The van der Waals surface area contributed by atoms with Crippen LogP contribution in [0.25, 0.3) is 0 Å². The molecule has 0 saturated heterocycles. The lowest BCUT2D eigenvalue weighted by molar-refractivity contribution is 0.0689. The fourth-order valence-electron chi connectivity index (χ4n) is 2.33. The summed E-state index contributed by atoms with van der Waals surface area (Å²) in [6, 6.07) is 10.5. The lowest BCUT2D eigenvalue weighted by atomic mass is 10.0. The van der Waals surface area contributed by atoms with E-state index in [0.29, 0.717) is 11.4 Å². The molecule has 1 aromatic carbocycles. The van der Waals surface area contributed by atoms with Crippen LogP contribution < -0.4 is 0 Å². The Kier molecular flexibility index (Phi) is 5.24. The van der Waals surface area contributed by atoms with Gasteiger partial charge in [0.1, 0.15) is 4.88 Å². The highest BCUT2D eigenvalue weighted by molar-refractivity contribution is 7.07. The van der Waals surface area contributed by atoms with Crippen LogP contribution in [0.3, 0.4) is 0 Å². The smallest absolute Gasteiger partial charge is 0.267 e. The van der Waals surface area contributed by atoms with Crippen LogP contribution in [0, 0.1) is 0 Å². The van der Waals surface area contributed by atoms with Crippen LogP contribution in [-0.2, 0) is 6.42 Å². The minimum Gasteiger partial charge on any atom is -0.335 e. The molecule has 0 saturated carbocycles. The zero-order chi connectivity index (χ0) is 14.4. The number of likely N-dealkylation sites (N-methyl/N-ethyl adjacent to an activating group) is 1. The molecule has 1 aromatic heterocycles. The maximum absolute atomic E-state index is 12.5. The first-order chi connectivity index (χ1) is 9.76. The van der Waals surface area contributed by atoms with Crippen LogP contribution in [0.5, 0.6) is 0 Å². The molecule has 1 atom stereocenters. The number of hydrogen-bond acceptors (Lipinski definition) is 4. The van der Waals surface area contributed by atoms with E-state index >= 15 is 0 Å². The van der Waals surface area contributed by atoms with Gasteiger partial charge in [0.25, 0.3) is 5.91 Å². The van der Waals surface area contributed by atoms with Gasteiger partial charge in [-0.15, -0.1) is 5.10 Å². The Morgan fingerprint density at radius 2 is 2.05 bits per heavy atom. The number of carbonyl (C=O) groups excluding carboxylic acids is 1. The highest BCUT2D eigenvalue weighted by Crippen LogP contribution is 2.16. The van der Waals surface area contributed by atoms with Crippen LogP contribution in [0.4, 0.5) is 0 Å². The predicted molar refractivity (Wildman–Crippen MR) is 80.8 cm³/mol. The Morgan fingerprint density at radius 1 is 1.30 bits per heavy atom. The van der Waals surface area contributed by atoms with E-state index in [1.807, 2.05) is 30.0 Å². The zero-order valence-corrected chi connectivity index (χ0v) is 12.6. The van der Waals surface area contributed by atoms with Gasteiger partial charge >= 0.3 is 0 Å². The van der Waals surface area contributed by atoms with E-state index in [9.17, 15) is 4.79 Å². The van der Waals surface area contributed by atoms with Gasteiger partial charge in [-0.05, 0) is 36.9 Å². The van der Waals surface area contributed by atoms with Crippen molar-refractivity contribution in [1.82, 2.24) is 14.5 Å². The standard InChI is InChI=1S/C15H19N3OS/c1-3-13(10-12-8-6-5-7-9-12)18(4-2)15(19)14-11-16-17-20-14/h5-9,11,13H,3-4,10H2,1-2H3/t13-/m0/s1. The number of amides is 1. The van der Waals surface area contributed by atoms with Gasteiger partial charge in [0.15, 0.2) is 0 Å². The Hall–Kier alpha value is -1.75.